The van der Waals surface area contributed by atoms with Gasteiger partial charge >= 0.3 is 5.97 Å². The number of imidazole rings is 1. The fourth-order valence-electron chi connectivity index (χ4n) is 3.30. The summed E-state index contributed by atoms with van der Waals surface area (Å²) in [5.41, 5.74) is 2.88. The van der Waals surface area contributed by atoms with Gasteiger partial charge in [-0.3, -0.25) is 4.79 Å². The number of hydrogen-bond donors (Lipinski definition) is 1. The summed E-state index contributed by atoms with van der Waals surface area (Å²) in [6, 6.07) is 17.3. The predicted molar refractivity (Wildman–Crippen MR) is 129 cm³/mol. The number of anilines is 1. The molecule has 7 heteroatoms. The summed E-state index contributed by atoms with van der Waals surface area (Å²) >= 11 is 1.41. The number of amides is 1. The summed E-state index contributed by atoms with van der Waals surface area (Å²) in [4.78, 5) is 30.3. The van der Waals surface area contributed by atoms with Crippen molar-refractivity contribution in [1.82, 2.24) is 9.55 Å². The molecule has 168 valence electrons. The van der Waals surface area contributed by atoms with Gasteiger partial charge in [0.25, 0.3) is 5.91 Å². The zero-order valence-electron chi connectivity index (χ0n) is 19.1. The lowest BCUT2D eigenvalue weighted by atomic mass is 9.87. The SMILES string of the molecule is CCOC(=O)c1c(NC(=O)c2ccc(C(C)(C)C)cc2)nc(SC)n1Cc1ccccc1. The number of nitrogens with zero attached hydrogens (tertiary/aromatic N) is 2. The van der Waals surface area contributed by atoms with Crippen LogP contribution in [0.4, 0.5) is 5.82 Å². The zero-order valence-corrected chi connectivity index (χ0v) is 20.0. The molecule has 0 fully saturated rings. The summed E-state index contributed by atoms with van der Waals surface area (Å²) in [6.07, 6.45) is 1.88. The molecule has 6 nitrogen and oxygen atoms in total. The van der Waals surface area contributed by atoms with Crippen LogP contribution in [-0.2, 0) is 16.7 Å². The molecule has 0 unspecified atom stereocenters. The van der Waals surface area contributed by atoms with Crippen molar-refractivity contribution < 1.29 is 14.3 Å². The lowest BCUT2D eigenvalue weighted by molar-refractivity contribution is 0.0514. The minimum atomic E-state index is -0.519. The van der Waals surface area contributed by atoms with E-state index >= 15 is 0 Å². The second kappa shape index (κ2) is 10.0. The fourth-order valence-corrected chi connectivity index (χ4v) is 3.85. The number of esters is 1. The Labute approximate surface area is 193 Å². The highest BCUT2D eigenvalue weighted by Crippen LogP contribution is 2.27. The van der Waals surface area contributed by atoms with Crippen LogP contribution in [0.15, 0.2) is 59.8 Å². The van der Waals surface area contributed by atoms with E-state index in [-0.39, 0.29) is 29.4 Å². The molecule has 0 aliphatic heterocycles. The molecule has 0 aliphatic rings. The van der Waals surface area contributed by atoms with Gasteiger partial charge in [-0.05, 0) is 41.9 Å². The molecule has 2 aromatic carbocycles. The first kappa shape index (κ1) is 23.6. The lowest BCUT2D eigenvalue weighted by Crippen LogP contribution is -2.19. The fraction of sp³-hybridized carbons (Fsp3) is 0.320. The van der Waals surface area contributed by atoms with Gasteiger partial charge in [0.2, 0.25) is 0 Å². The molecule has 0 spiro atoms. The van der Waals surface area contributed by atoms with Crippen LogP contribution < -0.4 is 5.32 Å². The number of nitrogens with one attached hydrogen (secondary N) is 1. The van der Waals surface area contributed by atoms with Crippen molar-refractivity contribution in [2.45, 2.75) is 44.8 Å². The molecule has 1 heterocycles. The first-order chi connectivity index (χ1) is 15.2. The molecule has 32 heavy (non-hydrogen) atoms. The summed E-state index contributed by atoms with van der Waals surface area (Å²) in [6.45, 7) is 8.78. The number of thioether (sulfide) groups is 1. The van der Waals surface area contributed by atoms with Gasteiger partial charge in [-0.15, -0.1) is 0 Å². The Bertz CT molecular complexity index is 1080. The van der Waals surface area contributed by atoms with E-state index in [0.717, 1.165) is 11.1 Å². The summed E-state index contributed by atoms with van der Waals surface area (Å²) in [5.74, 6) is -0.642. The summed E-state index contributed by atoms with van der Waals surface area (Å²) in [5, 5.41) is 3.44. The number of rotatable bonds is 7. The van der Waals surface area contributed by atoms with Crippen molar-refractivity contribution >= 4 is 29.5 Å². The van der Waals surface area contributed by atoms with Crippen molar-refractivity contribution in [3.8, 4) is 0 Å². The van der Waals surface area contributed by atoms with Crippen molar-refractivity contribution in [2.75, 3.05) is 18.2 Å². The van der Waals surface area contributed by atoms with Gasteiger partial charge in [-0.1, -0.05) is 75.0 Å². The van der Waals surface area contributed by atoms with Crippen molar-refractivity contribution in [2.24, 2.45) is 0 Å². The topological polar surface area (TPSA) is 73.2 Å². The number of benzene rings is 2. The standard InChI is InChI=1S/C25H29N3O3S/c1-6-31-23(30)20-21(26-22(29)18-12-14-19(15-13-18)25(2,3)4)27-24(32-5)28(20)16-17-10-8-7-9-11-17/h7-15H,6,16H2,1-5H3,(H,26,29). The van der Waals surface area contributed by atoms with Crippen LogP contribution in [0.1, 0.15) is 59.7 Å². The van der Waals surface area contributed by atoms with Gasteiger partial charge in [-0.2, -0.15) is 0 Å². The summed E-state index contributed by atoms with van der Waals surface area (Å²) in [7, 11) is 0. The van der Waals surface area contributed by atoms with Gasteiger partial charge in [-0.25, -0.2) is 9.78 Å². The lowest BCUT2D eigenvalue weighted by Gasteiger charge is -2.19. The zero-order chi connectivity index (χ0) is 23.3. The molecule has 0 atom stereocenters. The van der Waals surface area contributed by atoms with Crippen LogP contribution in [0, 0.1) is 0 Å². The Balaban J connectivity index is 1.96. The van der Waals surface area contributed by atoms with E-state index < -0.39 is 5.97 Å². The van der Waals surface area contributed by atoms with Crippen molar-refractivity contribution in [3.05, 3.63) is 77.0 Å². The van der Waals surface area contributed by atoms with Crippen LogP contribution in [-0.4, -0.2) is 34.3 Å². The number of ether oxygens (including phenoxy) is 1. The molecular formula is C25H29N3O3S. The maximum absolute atomic E-state index is 13.0. The molecule has 1 amide bonds. The van der Waals surface area contributed by atoms with Gasteiger partial charge < -0.3 is 14.6 Å². The van der Waals surface area contributed by atoms with Crippen LogP contribution in [0.2, 0.25) is 0 Å². The first-order valence-corrected chi connectivity index (χ1v) is 11.7. The number of carbonyl (C=O) groups is 2. The van der Waals surface area contributed by atoms with Crippen LogP contribution >= 0.6 is 11.8 Å². The molecule has 0 bridgehead atoms. The summed E-state index contributed by atoms with van der Waals surface area (Å²) < 4.78 is 7.07. The van der Waals surface area contributed by atoms with E-state index in [9.17, 15) is 9.59 Å². The maximum Gasteiger partial charge on any atom is 0.358 e. The number of hydrogen-bond acceptors (Lipinski definition) is 5. The highest BCUT2D eigenvalue weighted by molar-refractivity contribution is 7.98. The molecular weight excluding hydrogens is 422 g/mol. The Hall–Kier alpha value is -3.06. The molecule has 0 saturated heterocycles. The van der Waals surface area contributed by atoms with E-state index in [1.54, 1.807) is 23.6 Å². The second-order valence-electron chi connectivity index (χ2n) is 8.37. The molecule has 1 N–H and O–H groups in total. The smallest absolute Gasteiger partial charge is 0.358 e. The molecule has 1 aromatic heterocycles. The number of aromatic nitrogens is 2. The Morgan fingerprint density at radius 2 is 1.72 bits per heavy atom. The molecule has 0 aliphatic carbocycles. The largest absolute Gasteiger partial charge is 0.461 e. The molecule has 3 aromatic rings. The van der Waals surface area contributed by atoms with Gasteiger partial charge in [0.1, 0.15) is 0 Å². The Morgan fingerprint density at radius 1 is 1.06 bits per heavy atom. The van der Waals surface area contributed by atoms with E-state index in [1.165, 1.54) is 11.8 Å². The number of carbonyl (C=O) groups excluding carboxylic acids is 2. The van der Waals surface area contributed by atoms with Crippen molar-refractivity contribution in [1.29, 1.82) is 0 Å². The molecule has 3 rings (SSSR count). The minimum Gasteiger partial charge on any atom is -0.461 e. The van der Waals surface area contributed by atoms with Crippen molar-refractivity contribution in [3.63, 3.8) is 0 Å². The highest BCUT2D eigenvalue weighted by atomic mass is 32.2. The Morgan fingerprint density at radius 3 is 2.28 bits per heavy atom. The quantitative estimate of drug-likeness (QED) is 0.386. The first-order valence-electron chi connectivity index (χ1n) is 10.5. The van der Waals surface area contributed by atoms with Gasteiger partial charge in [0.15, 0.2) is 16.7 Å². The monoisotopic (exact) mass is 451 g/mol. The van der Waals surface area contributed by atoms with E-state index in [2.05, 4.69) is 31.1 Å². The van der Waals surface area contributed by atoms with Crippen LogP contribution in [0.25, 0.3) is 0 Å². The van der Waals surface area contributed by atoms with E-state index in [4.69, 9.17) is 4.74 Å². The third kappa shape index (κ3) is 5.40. The van der Waals surface area contributed by atoms with E-state index in [1.807, 2.05) is 48.7 Å². The molecule has 0 radical (unpaired) electrons. The van der Waals surface area contributed by atoms with E-state index in [0.29, 0.717) is 17.3 Å². The normalized spacial score (nSPS) is 11.3. The Kier molecular flexibility index (Phi) is 7.40. The van der Waals surface area contributed by atoms with Gasteiger partial charge in [0, 0.05) is 5.56 Å². The minimum absolute atomic E-state index is 0.00441. The molecule has 0 saturated carbocycles. The maximum atomic E-state index is 13.0. The third-order valence-corrected chi connectivity index (χ3v) is 5.69. The van der Waals surface area contributed by atoms with Crippen LogP contribution in [0.5, 0.6) is 0 Å². The van der Waals surface area contributed by atoms with Crippen LogP contribution in [0.3, 0.4) is 0 Å². The average Bonchev–Trinajstić information content (AvgIpc) is 3.10. The predicted octanol–water partition coefficient (Wildman–Crippen LogP) is 5.38. The average molecular weight is 452 g/mol. The highest BCUT2D eigenvalue weighted by Gasteiger charge is 2.26. The third-order valence-electron chi connectivity index (χ3n) is 5.01. The second-order valence-corrected chi connectivity index (χ2v) is 9.14. The van der Waals surface area contributed by atoms with Gasteiger partial charge in [0.05, 0.1) is 13.2 Å².